The lowest BCUT2D eigenvalue weighted by molar-refractivity contribution is -0.113. The average Bonchev–Trinajstić information content (AvgIpc) is 3.07. The zero-order chi connectivity index (χ0) is 20.8. The topological polar surface area (TPSA) is 112 Å². The van der Waals surface area contributed by atoms with Gasteiger partial charge in [-0.2, -0.15) is 0 Å². The fourth-order valence-corrected chi connectivity index (χ4v) is 3.15. The number of benzene rings is 2. The van der Waals surface area contributed by atoms with E-state index in [1.165, 1.54) is 12.1 Å². The van der Waals surface area contributed by atoms with Crippen LogP contribution in [0.4, 0.5) is 10.1 Å². The molecule has 0 aliphatic rings. The molecule has 0 bridgehead atoms. The van der Waals surface area contributed by atoms with Crippen molar-refractivity contribution in [3.8, 4) is 11.4 Å². The Balaban J connectivity index is 1.67. The Labute approximate surface area is 170 Å². The molecule has 0 aliphatic heterocycles. The Morgan fingerprint density at radius 2 is 1.90 bits per heavy atom. The number of nitrogen functional groups attached to an aromatic ring is 1. The summed E-state index contributed by atoms with van der Waals surface area (Å²) in [5.74, 6) is 4.70. The Kier molecular flexibility index (Phi) is 6.45. The van der Waals surface area contributed by atoms with E-state index in [9.17, 15) is 14.0 Å². The number of halogens is 1. The van der Waals surface area contributed by atoms with Gasteiger partial charge in [0.15, 0.2) is 5.82 Å². The number of nitrogens with zero attached hydrogens (tertiary/aromatic N) is 3. The number of esters is 1. The van der Waals surface area contributed by atoms with Gasteiger partial charge in [-0.05, 0) is 31.2 Å². The van der Waals surface area contributed by atoms with E-state index < -0.39 is 11.8 Å². The van der Waals surface area contributed by atoms with Gasteiger partial charge in [0, 0.05) is 0 Å². The Hall–Kier alpha value is -3.40. The molecule has 1 heterocycles. The molecule has 0 spiro atoms. The van der Waals surface area contributed by atoms with Crippen LogP contribution in [0.15, 0.2) is 53.7 Å². The number of hydrogen-bond acceptors (Lipinski definition) is 7. The maximum Gasteiger partial charge on any atom is 0.340 e. The van der Waals surface area contributed by atoms with E-state index in [-0.39, 0.29) is 40.4 Å². The number of hydrogen-bond donors (Lipinski definition) is 2. The lowest BCUT2D eigenvalue weighted by atomic mass is 10.2. The van der Waals surface area contributed by atoms with Crippen molar-refractivity contribution in [3.63, 3.8) is 0 Å². The molecule has 3 rings (SSSR count). The number of rotatable bonds is 7. The third-order valence-corrected chi connectivity index (χ3v) is 4.75. The molecule has 1 amide bonds. The predicted octanol–water partition coefficient (Wildman–Crippen LogP) is 2.71. The van der Waals surface area contributed by atoms with E-state index in [2.05, 4.69) is 15.5 Å². The average molecular weight is 415 g/mol. The highest BCUT2D eigenvalue weighted by Crippen LogP contribution is 2.24. The zero-order valence-corrected chi connectivity index (χ0v) is 16.3. The number of carbonyl (C=O) groups excluding carboxylic acids is 2. The van der Waals surface area contributed by atoms with Crippen molar-refractivity contribution in [2.45, 2.75) is 12.1 Å². The molecule has 0 fully saturated rings. The fraction of sp³-hybridized carbons (Fsp3) is 0.158. The van der Waals surface area contributed by atoms with Gasteiger partial charge in [0.1, 0.15) is 5.82 Å². The summed E-state index contributed by atoms with van der Waals surface area (Å²) in [5, 5.41) is 10.7. The summed E-state index contributed by atoms with van der Waals surface area (Å²) < 4.78 is 20.0. The van der Waals surface area contributed by atoms with Gasteiger partial charge in [0.05, 0.1) is 29.2 Å². The molecule has 8 nitrogen and oxygen atoms in total. The Bertz CT molecular complexity index is 1040. The number of para-hydroxylation sites is 1. The molecule has 2 aromatic carbocycles. The zero-order valence-electron chi connectivity index (χ0n) is 15.5. The number of anilines is 1. The molecule has 1 aromatic heterocycles. The minimum absolute atomic E-state index is 0.0379. The van der Waals surface area contributed by atoms with Gasteiger partial charge < -0.3 is 15.9 Å². The summed E-state index contributed by atoms with van der Waals surface area (Å²) in [6.07, 6.45) is 0. The van der Waals surface area contributed by atoms with Crippen LogP contribution < -0.4 is 11.2 Å². The third kappa shape index (κ3) is 4.72. The Morgan fingerprint density at radius 3 is 2.66 bits per heavy atom. The summed E-state index contributed by atoms with van der Waals surface area (Å²) in [7, 11) is 0. The molecule has 0 atom stereocenters. The van der Waals surface area contributed by atoms with E-state index in [0.29, 0.717) is 5.69 Å². The standard InChI is InChI=1S/C19H18FN5O3S/c1-2-28-18(27)13-8-4-6-10-15(13)22-16(26)11-29-19-24-23-17(25(19)21)12-7-3-5-9-14(12)20/h3-10H,2,11,21H2,1H3,(H,22,26). The van der Waals surface area contributed by atoms with Gasteiger partial charge >= 0.3 is 5.97 Å². The molecule has 3 N–H and O–H groups in total. The summed E-state index contributed by atoms with van der Waals surface area (Å²) in [6, 6.07) is 12.6. The number of thioether (sulfide) groups is 1. The van der Waals surface area contributed by atoms with Crippen LogP contribution in [0, 0.1) is 5.82 Å². The van der Waals surface area contributed by atoms with Crippen LogP contribution in [0.3, 0.4) is 0 Å². The van der Waals surface area contributed by atoms with Crippen LogP contribution >= 0.6 is 11.8 Å². The number of carbonyl (C=O) groups is 2. The van der Waals surface area contributed by atoms with Crippen LogP contribution in [0.2, 0.25) is 0 Å². The van der Waals surface area contributed by atoms with Crippen molar-refractivity contribution in [1.29, 1.82) is 0 Å². The second-order valence-electron chi connectivity index (χ2n) is 5.76. The Morgan fingerprint density at radius 1 is 1.17 bits per heavy atom. The highest BCUT2D eigenvalue weighted by molar-refractivity contribution is 7.99. The number of nitrogens with one attached hydrogen (secondary N) is 1. The first-order valence-corrected chi connectivity index (χ1v) is 9.64. The van der Waals surface area contributed by atoms with E-state index in [0.717, 1.165) is 16.4 Å². The van der Waals surface area contributed by atoms with Gasteiger partial charge in [0.2, 0.25) is 11.1 Å². The lowest BCUT2D eigenvalue weighted by Crippen LogP contribution is -2.18. The molecule has 0 radical (unpaired) electrons. The van der Waals surface area contributed by atoms with Crippen LogP contribution in [-0.4, -0.2) is 39.1 Å². The van der Waals surface area contributed by atoms with Crippen molar-refractivity contribution in [3.05, 3.63) is 59.9 Å². The van der Waals surface area contributed by atoms with Crippen molar-refractivity contribution >= 4 is 29.3 Å². The van der Waals surface area contributed by atoms with E-state index in [1.807, 2.05) is 0 Å². The van der Waals surface area contributed by atoms with Gasteiger partial charge in [-0.25, -0.2) is 13.9 Å². The molecular formula is C19H18FN5O3S. The molecule has 29 heavy (non-hydrogen) atoms. The van der Waals surface area contributed by atoms with Crippen LogP contribution in [0.1, 0.15) is 17.3 Å². The first-order valence-electron chi connectivity index (χ1n) is 8.65. The summed E-state index contributed by atoms with van der Waals surface area (Å²) in [4.78, 5) is 24.3. The highest BCUT2D eigenvalue weighted by Gasteiger charge is 2.18. The maximum atomic E-state index is 13.9. The van der Waals surface area contributed by atoms with Gasteiger partial charge in [0.25, 0.3) is 0 Å². The summed E-state index contributed by atoms with van der Waals surface area (Å²) in [6.45, 7) is 1.93. The van der Waals surface area contributed by atoms with Gasteiger partial charge in [-0.3, -0.25) is 4.79 Å². The first-order chi connectivity index (χ1) is 14.0. The van der Waals surface area contributed by atoms with Gasteiger partial charge in [-0.15, -0.1) is 10.2 Å². The predicted molar refractivity (Wildman–Crippen MR) is 107 cm³/mol. The van der Waals surface area contributed by atoms with E-state index >= 15 is 0 Å². The van der Waals surface area contributed by atoms with E-state index in [1.54, 1.807) is 43.3 Å². The summed E-state index contributed by atoms with van der Waals surface area (Å²) >= 11 is 1.03. The smallest absolute Gasteiger partial charge is 0.340 e. The second kappa shape index (κ2) is 9.20. The lowest BCUT2D eigenvalue weighted by Gasteiger charge is -2.10. The highest BCUT2D eigenvalue weighted by atomic mass is 32.2. The second-order valence-corrected chi connectivity index (χ2v) is 6.70. The minimum atomic E-state index is -0.521. The molecule has 0 saturated carbocycles. The third-order valence-electron chi connectivity index (χ3n) is 3.81. The van der Waals surface area contributed by atoms with E-state index in [4.69, 9.17) is 10.6 Å². The first kappa shape index (κ1) is 20.3. The molecule has 0 unspecified atom stereocenters. The van der Waals surface area contributed by atoms with Crippen LogP contribution in [0.5, 0.6) is 0 Å². The van der Waals surface area contributed by atoms with Crippen molar-refractivity contribution in [2.75, 3.05) is 23.5 Å². The minimum Gasteiger partial charge on any atom is -0.462 e. The van der Waals surface area contributed by atoms with Crippen LogP contribution in [0.25, 0.3) is 11.4 Å². The molecule has 10 heteroatoms. The summed E-state index contributed by atoms with van der Waals surface area (Å²) in [5.41, 5.74) is 0.816. The monoisotopic (exact) mass is 415 g/mol. The number of aromatic nitrogens is 3. The largest absolute Gasteiger partial charge is 0.462 e. The SMILES string of the molecule is CCOC(=O)c1ccccc1NC(=O)CSc1nnc(-c2ccccc2F)n1N. The number of nitrogens with two attached hydrogens (primary N) is 1. The quantitative estimate of drug-likeness (QED) is 0.347. The maximum absolute atomic E-state index is 13.9. The molecule has 0 saturated heterocycles. The normalized spacial score (nSPS) is 10.6. The van der Waals surface area contributed by atoms with Crippen molar-refractivity contribution in [2.24, 2.45) is 0 Å². The molecule has 3 aromatic rings. The van der Waals surface area contributed by atoms with Crippen molar-refractivity contribution < 1.29 is 18.7 Å². The molecule has 0 aliphatic carbocycles. The van der Waals surface area contributed by atoms with Crippen LogP contribution in [-0.2, 0) is 9.53 Å². The number of ether oxygens (including phenoxy) is 1. The van der Waals surface area contributed by atoms with Gasteiger partial charge in [-0.1, -0.05) is 36.0 Å². The fourth-order valence-electron chi connectivity index (χ4n) is 2.50. The van der Waals surface area contributed by atoms with Crippen molar-refractivity contribution in [1.82, 2.24) is 14.9 Å². The molecule has 150 valence electrons. The number of amides is 1. The molecular weight excluding hydrogens is 397 g/mol.